The normalized spacial score (nSPS) is 21.1. The third-order valence-electron chi connectivity index (χ3n) is 4.94. The molecule has 0 aromatic heterocycles. The SMILES string of the molecule is CCCC[Si](C)(C)N1C(=O)C[C@H]1O[Si](C)(C)C(C)(C)C. The number of carbonyl (C=O) groups is 1. The first-order valence-electron chi connectivity index (χ1n) is 7.92. The molecule has 5 heteroatoms. The number of β-lactam (4-membered cyclic amide) rings is 1. The van der Waals surface area contributed by atoms with Crippen LogP contribution in [-0.4, -0.2) is 33.3 Å². The van der Waals surface area contributed by atoms with E-state index in [1.807, 2.05) is 0 Å². The van der Waals surface area contributed by atoms with E-state index in [4.69, 9.17) is 4.43 Å². The van der Waals surface area contributed by atoms with E-state index in [0.29, 0.717) is 12.3 Å². The van der Waals surface area contributed by atoms with Crippen molar-refractivity contribution < 1.29 is 9.22 Å². The topological polar surface area (TPSA) is 29.5 Å². The van der Waals surface area contributed by atoms with Crippen molar-refractivity contribution in [1.29, 1.82) is 0 Å². The van der Waals surface area contributed by atoms with Crippen LogP contribution in [0.4, 0.5) is 0 Å². The van der Waals surface area contributed by atoms with Crippen molar-refractivity contribution in [2.45, 2.75) is 90.5 Å². The highest BCUT2D eigenvalue weighted by molar-refractivity contribution is 6.77. The molecular weight excluding hydrogens is 282 g/mol. The Hall–Kier alpha value is -0.136. The Labute approximate surface area is 127 Å². The summed E-state index contributed by atoms with van der Waals surface area (Å²) in [6.07, 6.45) is 3.07. The third kappa shape index (κ3) is 3.74. The van der Waals surface area contributed by atoms with Gasteiger partial charge in [0.25, 0.3) is 0 Å². The Morgan fingerprint density at radius 2 is 1.80 bits per heavy atom. The van der Waals surface area contributed by atoms with E-state index in [1.165, 1.54) is 18.9 Å². The van der Waals surface area contributed by atoms with E-state index in [-0.39, 0.29) is 11.3 Å². The van der Waals surface area contributed by atoms with Crippen molar-refractivity contribution in [2.24, 2.45) is 0 Å². The Balaban J connectivity index is 2.76. The molecule has 1 aliphatic rings. The largest absolute Gasteiger partial charge is 0.397 e. The highest BCUT2D eigenvalue weighted by Crippen LogP contribution is 2.41. The van der Waals surface area contributed by atoms with E-state index in [1.54, 1.807) is 0 Å². The van der Waals surface area contributed by atoms with Gasteiger partial charge in [-0.15, -0.1) is 0 Å². The molecule has 1 rings (SSSR count). The number of nitrogens with zero attached hydrogens (tertiary/aromatic N) is 1. The minimum Gasteiger partial charge on any atom is -0.397 e. The number of carbonyl (C=O) groups excluding carboxylic acids is 1. The van der Waals surface area contributed by atoms with Gasteiger partial charge in [-0.2, -0.15) is 0 Å². The van der Waals surface area contributed by atoms with Crippen LogP contribution in [0.25, 0.3) is 0 Å². The minimum absolute atomic E-state index is 0.0573. The number of rotatable bonds is 6. The summed E-state index contributed by atoms with van der Waals surface area (Å²) >= 11 is 0. The Kier molecular flexibility index (Phi) is 5.31. The van der Waals surface area contributed by atoms with Crippen LogP contribution in [0.1, 0.15) is 47.0 Å². The molecular formula is C15H33NO2Si2. The first kappa shape index (κ1) is 17.9. The molecule has 3 nitrogen and oxygen atoms in total. The van der Waals surface area contributed by atoms with Crippen molar-refractivity contribution in [3.05, 3.63) is 0 Å². The summed E-state index contributed by atoms with van der Waals surface area (Å²) in [7, 11) is -3.44. The maximum atomic E-state index is 12.1. The van der Waals surface area contributed by atoms with Gasteiger partial charge in [0.1, 0.15) is 6.23 Å². The standard InChI is InChI=1S/C15H33NO2Si2/c1-9-10-11-19(5,6)16-13(17)12-14(16)18-20(7,8)15(2,3)4/h14H,9-12H2,1-8H3/t14-/m1/s1. The molecule has 118 valence electrons. The smallest absolute Gasteiger partial charge is 0.221 e. The van der Waals surface area contributed by atoms with E-state index < -0.39 is 16.6 Å². The van der Waals surface area contributed by atoms with Gasteiger partial charge in [0, 0.05) is 0 Å². The van der Waals surface area contributed by atoms with Gasteiger partial charge >= 0.3 is 0 Å². The molecule has 0 aliphatic carbocycles. The van der Waals surface area contributed by atoms with Gasteiger partial charge in [-0.25, -0.2) is 0 Å². The monoisotopic (exact) mass is 315 g/mol. The molecule has 0 aromatic carbocycles. The second kappa shape index (κ2) is 5.93. The van der Waals surface area contributed by atoms with Crippen LogP contribution in [-0.2, 0) is 9.22 Å². The summed E-state index contributed by atoms with van der Waals surface area (Å²) in [5.74, 6) is 0.307. The second-order valence-electron chi connectivity index (χ2n) is 8.22. The zero-order valence-electron chi connectivity index (χ0n) is 14.7. The Morgan fingerprint density at radius 3 is 2.20 bits per heavy atom. The van der Waals surface area contributed by atoms with Gasteiger partial charge < -0.3 is 8.99 Å². The van der Waals surface area contributed by atoms with Crippen LogP contribution < -0.4 is 0 Å². The van der Waals surface area contributed by atoms with Crippen molar-refractivity contribution >= 4 is 22.5 Å². The van der Waals surface area contributed by atoms with Crippen LogP contribution in [0.3, 0.4) is 0 Å². The van der Waals surface area contributed by atoms with Crippen LogP contribution >= 0.6 is 0 Å². The lowest BCUT2D eigenvalue weighted by Gasteiger charge is -2.53. The third-order valence-corrected chi connectivity index (χ3v) is 12.8. The van der Waals surface area contributed by atoms with Crippen LogP contribution in [0.15, 0.2) is 0 Å². The molecule has 0 radical (unpaired) electrons. The summed E-state index contributed by atoms with van der Waals surface area (Å²) in [6, 6.07) is 1.19. The summed E-state index contributed by atoms with van der Waals surface area (Å²) in [5, 5.41) is 0.201. The fraction of sp³-hybridized carbons (Fsp3) is 0.933. The maximum absolute atomic E-state index is 12.1. The molecule has 1 amide bonds. The van der Waals surface area contributed by atoms with E-state index in [9.17, 15) is 4.79 Å². The maximum Gasteiger partial charge on any atom is 0.221 e. The number of hydrogen-bond donors (Lipinski definition) is 0. The summed E-state index contributed by atoms with van der Waals surface area (Å²) in [6.45, 7) is 18.1. The molecule has 1 fully saturated rings. The van der Waals surface area contributed by atoms with Crippen LogP contribution in [0.5, 0.6) is 0 Å². The predicted octanol–water partition coefficient (Wildman–Crippen LogP) is 4.57. The average Bonchev–Trinajstić information content (AvgIpc) is 2.22. The molecule has 20 heavy (non-hydrogen) atoms. The summed E-state index contributed by atoms with van der Waals surface area (Å²) in [5.41, 5.74) is 0. The second-order valence-corrected chi connectivity index (χ2v) is 17.6. The van der Waals surface area contributed by atoms with Gasteiger partial charge in [-0.1, -0.05) is 53.6 Å². The first-order valence-corrected chi connectivity index (χ1v) is 14.0. The molecule has 1 aliphatic heterocycles. The quantitative estimate of drug-likeness (QED) is 0.531. The summed E-state index contributed by atoms with van der Waals surface area (Å²) < 4.78 is 8.59. The van der Waals surface area contributed by atoms with Crippen molar-refractivity contribution in [2.75, 3.05) is 0 Å². The van der Waals surface area contributed by atoms with Crippen molar-refractivity contribution in [3.8, 4) is 0 Å². The molecule has 1 saturated heterocycles. The van der Waals surface area contributed by atoms with Gasteiger partial charge in [-0.3, -0.25) is 4.79 Å². The molecule has 0 spiro atoms. The lowest BCUT2D eigenvalue weighted by molar-refractivity contribution is -0.150. The molecule has 0 unspecified atom stereocenters. The van der Waals surface area contributed by atoms with Crippen LogP contribution in [0, 0.1) is 0 Å². The van der Waals surface area contributed by atoms with Gasteiger partial charge in [0.05, 0.1) is 6.42 Å². The average molecular weight is 316 g/mol. The zero-order chi connectivity index (χ0) is 15.8. The summed E-state index contributed by atoms with van der Waals surface area (Å²) in [4.78, 5) is 12.1. The Bertz CT molecular complexity index is 361. The highest BCUT2D eigenvalue weighted by atomic mass is 28.4. The van der Waals surface area contributed by atoms with E-state index >= 15 is 0 Å². The van der Waals surface area contributed by atoms with E-state index in [2.05, 4.69) is 58.4 Å². The van der Waals surface area contributed by atoms with Gasteiger partial charge in [0.15, 0.2) is 16.6 Å². The number of unbranched alkanes of at least 4 members (excludes halogenated alkanes) is 1. The molecule has 1 heterocycles. The van der Waals surface area contributed by atoms with Gasteiger partial charge in [0.2, 0.25) is 5.91 Å². The fourth-order valence-electron chi connectivity index (χ4n) is 2.46. The van der Waals surface area contributed by atoms with Crippen LogP contribution in [0.2, 0.25) is 37.3 Å². The first-order chi connectivity index (χ1) is 8.92. The molecule has 0 aromatic rings. The Morgan fingerprint density at radius 1 is 1.25 bits per heavy atom. The highest BCUT2D eigenvalue weighted by Gasteiger charge is 2.50. The van der Waals surface area contributed by atoms with E-state index in [0.717, 1.165) is 0 Å². The number of hydrogen-bond acceptors (Lipinski definition) is 2. The number of amides is 1. The zero-order valence-corrected chi connectivity index (χ0v) is 16.7. The van der Waals surface area contributed by atoms with Crippen molar-refractivity contribution in [1.82, 2.24) is 4.57 Å². The minimum atomic E-state index is -1.79. The molecule has 0 N–H and O–H groups in total. The lowest BCUT2D eigenvalue weighted by atomic mass is 10.2. The predicted molar refractivity (Wildman–Crippen MR) is 90.7 cm³/mol. The molecule has 1 atom stereocenters. The van der Waals surface area contributed by atoms with Crippen molar-refractivity contribution in [3.63, 3.8) is 0 Å². The molecule has 0 bridgehead atoms. The fourth-order valence-corrected chi connectivity index (χ4v) is 6.93. The van der Waals surface area contributed by atoms with Gasteiger partial charge in [-0.05, 0) is 24.2 Å². The lowest BCUT2D eigenvalue weighted by Crippen LogP contribution is -2.67. The molecule has 0 saturated carbocycles.